The summed E-state index contributed by atoms with van der Waals surface area (Å²) in [6.07, 6.45) is 5.91. The van der Waals surface area contributed by atoms with Crippen LogP contribution in [0.5, 0.6) is 5.75 Å². The molecule has 1 N–H and O–H groups in total. The lowest BCUT2D eigenvalue weighted by Gasteiger charge is -2.25. The predicted octanol–water partition coefficient (Wildman–Crippen LogP) is 4.03. The van der Waals surface area contributed by atoms with Gasteiger partial charge in [-0.1, -0.05) is 6.92 Å². The molecule has 1 aliphatic carbocycles. The molecule has 2 rings (SSSR count). The molecule has 18 heavy (non-hydrogen) atoms. The number of phenols is 1. The van der Waals surface area contributed by atoms with Gasteiger partial charge in [0.25, 0.3) is 0 Å². The second-order valence-electron chi connectivity index (χ2n) is 5.17. The van der Waals surface area contributed by atoms with Gasteiger partial charge in [0, 0.05) is 12.0 Å². The summed E-state index contributed by atoms with van der Waals surface area (Å²) in [6, 6.07) is 0. The van der Waals surface area contributed by atoms with Gasteiger partial charge in [0.2, 0.25) is 0 Å². The number of aldehydes is 1. The van der Waals surface area contributed by atoms with E-state index < -0.39 is 0 Å². The van der Waals surface area contributed by atoms with Gasteiger partial charge >= 0.3 is 0 Å². The van der Waals surface area contributed by atoms with Crippen LogP contribution < -0.4 is 0 Å². The Labute approximate surface area is 117 Å². The number of fused-ring (bicyclic) bond motifs is 1. The van der Waals surface area contributed by atoms with E-state index in [-0.39, 0.29) is 5.92 Å². The minimum Gasteiger partial charge on any atom is -0.506 e. The van der Waals surface area contributed by atoms with Gasteiger partial charge in [-0.15, -0.1) is 0 Å². The topological polar surface area (TPSA) is 37.3 Å². The number of carbonyl (C=O) groups excluding carboxylic acids is 1. The van der Waals surface area contributed by atoms with E-state index in [1.165, 1.54) is 29.5 Å². The van der Waals surface area contributed by atoms with Crippen LogP contribution in [0.3, 0.4) is 0 Å². The molecule has 1 aromatic rings. The Kier molecular flexibility index (Phi) is 4.10. The molecule has 0 radical (unpaired) electrons. The molecule has 3 heteroatoms. The van der Waals surface area contributed by atoms with Crippen LogP contribution in [0, 0.1) is 6.92 Å². The second kappa shape index (κ2) is 5.43. The molecule has 1 unspecified atom stereocenters. The zero-order chi connectivity index (χ0) is 13.3. The number of halogens is 1. The highest BCUT2D eigenvalue weighted by atomic mass is 79.9. The van der Waals surface area contributed by atoms with E-state index in [0.717, 1.165) is 29.2 Å². The van der Waals surface area contributed by atoms with Crippen LogP contribution in [0.25, 0.3) is 0 Å². The molecule has 98 valence electrons. The number of phenolic OH excluding ortho intramolecular Hbond substituents is 1. The van der Waals surface area contributed by atoms with E-state index in [9.17, 15) is 9.90 Å². The van der Waals surface area contributed by atoms with E-state index in [0.29, 0.717) is 12.2 Å². The Bertz CT molecular complexity index is 480. The molecule has 0 spiro atoms. The molecule has 0 bridgehead atoms. The van der Waals surface area contributed by atoms with Crippen LogP contribution in [0.15, 0.2) is 4.47 Å². The van der Waals surface area contributed by atoms with Gasteiger partial charge in [-0.2, -0.15) is 0 Å². The average Bonchev–Trinajstić information content (AvgIpc) is 2.37. The van der Waals surface area contributed by atoms with Crippen LogP contribution in [0.2, 0.25) is 0 Å². The Hall–Kier alpha value is -0.830. The van der Waals surface area contributed by atoms with E-state index >= 15 is 0 Å². The molecule has 0 heterocycles. The summed E-state index contributed by atoms with van der Waals surface area (Å²) in [5, 5.41) is 10.4. The molecule has 0 aliphatic heterocycles. The monoisotopic (exact) mass is 310 g/mol. The quantitative estimate of drug-likeness (QED) is 0.856. The molecule has 2 nitrogen and oxygen atoms in total. The van der Waals surface area contributed by atoms with Crippen molar-refractivity contribution in [3.8, 4) is 5.75 Å². The summed E-state index contributed by atoms with van der Waals surface area (Å²) in [5.74, 6) is 0.411. The van der Waals surface area contributed by atoms with Gasteiger partial charge in [0.05, 0.1) is 4.47 Å². The number of hydrogen-bond donors (Lipinski definition) is 1. The first-order valence-electron chi connectivity index (χ1n) is 6.54. The number of aromatic hydroxyl groups is 1. The van der Waals surface area contributed by atoms with Crippen molar-refractivity contribution in [2.75, 3.05) is 0 Å². The predicted molar refractivity (Wildman–Crippen MR) is 76.3 cm³/mol. The van der Waals surface area contributed by atoms with E-state index in [1.54, 1.807) is 0 Å². The fourth-order valence-electron chi connectivity index (χ4n) is 3.03. The van der Waals surface area contributed by atoms with Crippen molar-refractivity contribution in [1.29, 1.82) is 0 Å². The maximum Gasteiger partial charge on any atom is 0.133 e. The average molecular weight is 311 g/mol. The lowest BCUT2D eigenvalue weighted by atomic mass is 9.82. The Morgan fingerprint density at radius 3 is 2.56 bits per heavy atom. The van der Waals surface area contributed by atoms with Gasteiger partial charge in [0.1, 0.15) is 12.0 Å². The van der Waals surface area contributed by atoms with Crippen molar-refractivity contribution < 1.29 is 9.90 Å². The maximum absolute atomic E-state index is 10.7. The van der Waals surface area contributed by atoms with E-state index in [4.69, 9.17) is 0 Å². The maximum atomic E-state index is 10.7. The first-order valence-corrected chi connectivity index (χ1v) is 7.33. The lowest BCUT2D eigenvalue weighted by molar-refractivity contribution is -0.108. The molecule has 1 aliphatic rings. The highest BCUT2D eigenvalue weighted by molar-refractivity contribution is 9.10. The standard InChI is InChI=1S/C15H19BrO2/c1-9(7-8-17)13-10(2)11-5-3-4-6-12(11)14(16)15(13)18/h8-9,18H,3-7H2,1-2H3. The molecule has 0 saturated carbocycles. The number of rotatable bonds is 3. The molecule has 0 aromatic heterocycles. The minimum atomic E-state index is 0.0750. The highest BCUT2D eigenvalue weighted by Gasteiger charge is 2.24. The van der Waals surface area contributed by atoms with Gasteiger partial charge < -0.3 is 9.90 Å². The zero-order valence-electron chi connectivity index (χ0n) is 10.9. The van der Waals surface area contributed by atoms with Crippen molar-refractivity contribution in [3.05, 3.63) is 26.7 Å². The number of carbonyl (C=O) groups is 1. The van der Waals surface area contributed by atoms with Gasteiger partial charge in [-0.25, -0.2) is 0 Å². The largest absolute Gasteiger partial charge is 0.506 e. The fourth-order valence-corrected chi connectivity index (χ4v) is 3.68. The summed E-state index contributed by atoms with van der Waals surface area (Å²) in [6.45, 7) is 4.07. The summed E-state index contributed by atoms with van der Waals surface area (Å²) in [5.41, 5.74) is 4.76. The van der Waals surface area contributed by atoms with Crippen LogP contribution in [-0.2, 0) is 17.6 Å². The zero-order valence-corrected chi connectivity index (χ0v) is 12.5. The summed E-state index contributed by atoms with van der Waals surface area (Å²) >= 11 is 3.53. The van der Waals surface area contributed by atoms with Crippen molar-refractivity contribution in [3.63, 3.8) is 0 Å². The molecule has 0 fully saturated rings. The molecular weight excluding hydrogens is 292 g/mol. The highest BCUT2D eigenvalue weighted by Crippen LogP contribution is 2.43. The van der Waals surface area contributed by atoms with Crippen molar-refractivity contribution in [2.45, 2.75) is 51.9 Å². The van der Waals surface area contributed by atoms with Crippen molar-refractivity contribution in [1.82, 2.24) is 0 Å². The Morgan fingerprint density at radius 1 is 1.33 bits per heavy atom. The normalized spacial score (nSPS) is 16.2. The second-order valence-corrected chi connectivity index (χ2v) is 5.96. The van der Waals surface area contributed by atoms with E-state index in [1.807, 2.05) is 6.92 Å². The third-order valence-electron chi connectivity index (χ3n) is 4.00. The number of benzene rings is 1. The summed E-state index contributed by atoms with van der Waals surface area (Å²) < 4.78 is 0.843. The lowest BCUT2D eigenvalue weighted by Crippen LogP contribution is -2.10. The molecule has 1 atom stereocenters. The molecule has 0 amide bonds. The van der Waals surface area contributed by atoms with Crippen molar-refractivity contribution >= 4 is 22.2 Å². The molecular formula is C15H19BrO2. The third kappa shape index (κ3) is 2.20. The van der Waals surface area contributed by atoms with Crippen LogP contribution in [0.1, 0.15) is 54.4 Å². The summed E-state index contributed by atoms with van der Waals surface area (Å²) in [7, 11) is 0. The van der Waals surface area contributed by atoms with Crippen LogP contribution in [-0.4, -0.2) is 11.4 Å². The first-order chi connectivity index (χ1) is 8.57. The van der Waals surface area contributed by atoms with Gasteiger partial charge in [-0.3, -0.25) is 0 Å². The molecule has 1 aromatic carbocycles. The first kappa shape index (κ1) is 13.6. The van der Waals surface area contributed by atoms with Crippen LogP contribution >= 0.6 is 15.9 Å². The van der Waals surface area contributed by atoms with Gasteiger partial charge in [0.15, 0.2) is 0 Å². The minimum absolute atomic E-state index is 0.0750. The van der Waals surface area contributed by atoms with Gasteiger partial charge in [-0.05, 0) is 71.1 Å². The van der Waals surface area contributed by atoms with E-state index in [2.05, 4.69) is 22.9 Å². The third-order valence-corrected chi connectivity index (χ3v) is 4.85. The fraction of sp³-hybridized carbons (Fsp3) is 0.533. The van der Waals surface area contributed by atoms with Crippen LogP contribution in [0.4, 0.5) is 0 Å². The smallest absolute Gasteiger partial charge is 0.133 e. The molecule has 0 saturated heterocycles. The summed E-state index contributed by atoms with van der Waals surface area (Å²) in [4.78, 5) is 10.7. The Morgan fingerprint density at radius 2 is 1.94 bits per heavy atom. The number of hydrogen-bond acceptors (Lipinski definition) is 2. The Balaban J connectivity index is 2.60. The van der Waals surface area contributed by atoms with Crippen molar-refractivity contribution in [2.24, 2.45) is 0 Å². The SMILES string of the molecule is Cc1c2c(c(Br)c(O)c1C(C)CC=O)CCCC2.